The van der Waals surface area contributed by atoms with Gasteiger partial charge in [0, 0.05) is 49.1 Å². The average molecular weight is 456 g/mol. The van der Waals surface area contributed by atoms with Crippen LogP contribution in [-0.4, -0.2) is 51.9 Å². The van der Waals surface area contributed by atoms with Crippen LogP contribution >= 0.6 is 0 Å². The summed E-state index contributed by atoms with van der Waals surface area (Å²) in [6.07, 6.45) is 12.7. The molecule has 1 aliphatic heterocycles. The maximum Gasteiger partial charge on any atom is 0.246 e. The van der Waals surface area contributed by atoms with Gasteiger partial charge >= 0.3 is 0 Å². The van der Waals surface area contributed by atoms with Gasteiger partial charge in [-0.1, -0.05) is 43.7 Å². The Hall–Kier alpha value is -4.05. The van der Waals surface area contributed by atoms with E-state index in [4.69, 9.17) is 6.42 Å². The number of fused-ring (bicyclic) bond motifs is 1. The van der Waals surface area contributed by atoms with Gasteiger partial charge in [-0.25, -0.2) is 14.4 Å². The lowest BCUT2D eigenvalue weighted by atomic mass is 9.91. The highest BCUT2D eigenvalue weighted by atomic mass is 19.1. The van der Waals surface area contributed by atoms with Gasteiger partial charge in [0.1, 0.15) is 23.4 Å². The van der Waals surface area contributed by atoms with Gasteiger partial charge in [-0.2, -0.15) is 0 Å². The van der Waals surface area contributed by atoms with Crippen LogP contribution in [0.25, 0.3) is 27.7 Å². The Morgan fingerprint density at radius 3 is 2.65 bits per heavy atom. The zero-order chi connectivity index (χ0) is 24.2. The minimum Gasteiger partial charge on any atom is -0.352 e. The number of hydrogen-bond donors (Lipinski definition) is 0. The number of rotatable bonds is 5. The van der Waals surface area contributed by atoms with Crippen LogP contribution in [0.1, 0.15) is 25.0 Å². The Balaban J connectivity index is 1.79. The summed E-state index contributed by atoms with van der Waals surface area (Å²) < 4.78 is 15.9. The molecule has 1 saturated heterocycles. The summed E-state index contributed by atoms with van der Waals surface area (Å²) >= 11 is 0. The molecular weight excluding hydrogens is 429 g/mol. The fraction of sp³-hybridized carbons (Fsp3) is 0.259. The highest BCUT2D eigenvalue weighted by Crippen LogP contribution is 2.35. The Morgan fingerprint density at radius 1 is 1.24 bits per heavy atom. The molecule has 6 nitrogen and oxygen atoms in total. The molecule has 0 saturated carbocycles. The molecule has 34 heavy (non-hydrogen) atoms. The van der Waals surface area contributed by atoms with Crippen LogP contribution in [0.5, 0.6) is 0 Å². The zero-order valence-corrected chi connectivity index (χ0v) is 19.4. The summed E-state index contributed by atoms with van der Waals surface area (Å²) in [4.78, 5) is 28.8. The molecule has 1 aromatic carbocycles. The van der Waals surface area contributed by atoms with Crippen LogP contribution in [0.2, 0.25) is 0 Å². The summed E-state index contributed by atoms with van der Waals surface area (Å²) in [5, 5.41) is 0.531. The van der Waals surface area contributed by atoms with Crippen molar-refractivity contribution in [2.24, 2.45) is 0 Å². The van der Waals surface area contributed by atoms with Gasteiger partial charge in [-0.3, -0.25) is 9.78 Å². The summed E-state index contributed by atoms with van der Waals surface area (Å²) in [6.45, 7) is 9.68. The molecule has 1 aliphatic rings. The van der Waals surface area contributed by atoms with Crippen molar-refractivity contribution in [1.29, 1.82) is 0 Å². The zero-order valence-electron chi connectivity index (χ0n) is 19.4. The number of terminal acetylenes is 1. The number of anilines is 1. The van der Waals surface area contributed by atoms with Crippen LogP contribution < -0.4 is 4.90 Å². The minimum atomic E-state index is -0.511. The molecule has 2 aromatic heterocycles. The number of aromatic nitrogens is 3. The lowest BCUT2D eigenvalue weighted by molar-refractivity contribution is -0.126. The molecule has 172 valence electrons. The number of hydrogen-bond acceptors (Lipinski definition) is 5. The predicted molar refractivity (Wildman–Crippen MR) is 134 cm³/mol. The fourth-order valence-electron chi connectivity index (χ4n) is 4.40. The molecule has 0 bridgehead atoms. The molecule has 7 heteroatoms. The molecule has 1 amide bonds. The van der Waals surface area contributed by atoms with E-state index in [1.165, 1.54) is 12.4 Å². The van der Waals surface area contributed by atoms with Crippen molar-refractivity contribution in [2.75, 3.05) is 31.1 Å². The highest BCUT2D eigenvalue weighted by Gasteiger charge is 2.24. The second-order valence-corrected chi connectivity index (χ2v) is 7.94. The second kappa shape index (κ2) is 9.84. The second-order valence-electron chi connectivity index (χ2n) is 7.94. The third-order valence-electron chi connectivity index (χ3n) is 6.17. The number of allylic oxidation sites excluding steroid dienone is 2. The predicted octanol–water partition coefficient (Wildman–Crippen LogP) is 4.26. The van der Waals surface area contributed by atoms with Crippen molar-refractivity contribution in [2.45, 2.75) is 20.3 Å². The van der Waals surface area contributed by atoms with E-state index in [1.54, 1.807) is 11.1 Å². The molecule has 0 spiro atoms. The third-order valence-corrected chi connectivity index (χ3v) is 6.17. The summed E-state index contributed by atoms with van der Waals surface area (Å²) in [7, 11) is 0. The van der Waals surface area contributed by atoms with Crippen molar-refractivity contribution < 1.29 is 9.18 Å². The molecule has 3 heterocycles. The lowest BCUT2D eigenvalue weighted by Gasteiger charge is -2.35. The first-order valence-corrected chi connectivity index (χ1v) is 11.2. The Bertz CT molecular complexity index is 1330. The van der Waals surface area contributed by atoms with Crippen molar-refractivity contribution in [1.82, 2.24) is 19.9 Å². The van der Waals surface area contributed by atoms with Gasteiger partial charge < -0.3 is 9.80 Å². The van der Waals surface area contributed by atoms with Crippen LogP contribution in [0.3, 0.4) is 0 Å². The first-order valence-electron chi connectivity index (χ1n) is 11.2. The van der Waals surface area contributed by atoms with Crippen molar-refractivity contribution >= 4 is 28.2 Å². The number of piperazine rings is 1. The number of benzene rings is 1. The number of amides is 1. The van der Waals surface area contributed by atoms with Crippen molar-refractivity contribution in [3.8, 4) is 23.6 Å². The SMILES string of the molecule is C#C/C(=C/C)c1c(CC)cccc1-c1ncc2c(N3CCN(C(=O)C=C)CC3)ncnc2c1F. The number of pyridine rings is 1. The monoisotopic (exact) mass is 455 g/mol. The number of aryl methyl sites for hydroxylation is 1. The van der Waals surface area contributed by atoms with Gasteiger partial charge in [0.25, 0.3) is 0 Å². The lowest BCUT2D eigenvalue weighted by Crippen LogP contribution is -2.48. The summed E-state index contributed by atoms with van der Waals surface area (Å²) in [5.74, 6) is 2.72. The van der Waals surface area contributed by atoms with E-state index in [0.717, 1.165) is 17.5 Å². The van der Waals surface area contributed by atoms with E-state index in [9.17, 15) is 4.79 Å². The number of halogens is 1. The molecule has 0 N–H and O–H groups in total. The number of nitrogens with zero attached hydrogens (tertiary/aromatic N) is 5. The number of carbonyl (C=O) groups is 1. The van der Waals surface area contributed by atoms with Crippen LogP contribution in [0.4, 0.5) is 10.2 Å². The van der Waals surface area contributed by atoms with Crippen molar-refractivity contribution in [3.63, 3.8) is 0 Å². The molecule has 0 atom stereocenters. The van der Waals surface area contributed by atoms with E-state index in [1.807, 2.05) is 43.0 Å². The highest BCUT2D eigenvalue weighted by molar-refractivity contribution is 5.94. The van der Waals surface area contributed by atoms with Gasteiger partial charge in [-0.15, -0.1) is 6.42 Å². The quantitative estimate of drug-likeness (QED) is 0.425. The Morgan fingerprint density at radius 2 is 2.00 bits per heavy atom. The molecule has 4 rings (SSSR count). The van der Waals surface area contributed by atoms with Gasteiger partial charge in [0.15, 0.2) is 5.82 Å². The topological polar surface area (TPSA) is 62.2 Å². The molecule has 3 aromatic rings. The van der Waals surface area contributed by atoms with Crippen LogP contribution in [-0.2, 0) is 11.2 Å². The largest absolute Gasteiger partial charge is 0.352 e. The van der Waals surface area contributed by atoms with Gasteiger partial charge in [0.05, 0.1) is 5.39 Å². The normalized spacial score (nSPS) is 14.2. The summed E-state index contributed by atoms with van der Waals surface area (Å²) in [5.41, 5.74) is 3.59. The first-order chi connectivity index (χ1) is 16.5. The fourth-order valence-corrected chi connectivity index (χ4v) is 4.40. The molecule has 0 radical (unpaired) electrons. The average Bonchev–Trinajstić information content (AvgIpc) is 2.89. The summed E-state index contributed by atoms with van der Waals surface area (Å²) in [6, 6.07) is 5.72. The Labute approximate surface area is 198 Å². The van der Waals surface area contributed by atoms with Crippen molar-refractivity contribution in [3.05, 3.63) is 66.4 Å². The van der Waals surface area contributed by atoms with Crippen LogP contribution in [0, 0.1) is 18.2 Å². The van der Waals surface area contributed by atoms with E-state index in [2.05, 4.69) is 27.5 Å². The molecule has 0 unspecified atom stereocenters. The maximum atomic E-state index is 15.9. The minimum absolute atomic E-state index is 0.0953. The standard InChI is InChI=1S/C27H26FN5O/c1-5-18(6-2)23-19(7-3)10-9-11-20(23)25-24(28)26-21(16-29-25)27(31-17-30-26)33-14-12-32(13-15-33)22(34)8-4/h1,6,8-11,16-17H,4,7,12-15H2,2-3H3/b18-6-. The van der Waals surface area contributed by atoms with Gasteiger partial charge in [-0.05, 0) is 25.0 Å². The van der Waals surface area contributed by atoms with Crippen LogP contribution in [0.15, 0.2) is 49.5 Å². The Kier molecular flexibility index (Phi) is 6.69. The van der Waals surface area contributed by atoms with Gasteiger partial charge in [0.2, 0.25) is 5.91 Å². The third kappa shape index (κ3) is 4.03. The molecule has 0 aliphatic carbocycles. The van der Waals surface area contributed by atoms with E-state index >= 15 is 4.39 Å². The smallest absolute Gasteiger partial charge is 0.246 e. The molecular formula is C27H26FN5O. The van der Waals surface area contributed by atoms with E-state index < -0.39 is 5.82 Å². The first kappa shape index (κ1) is 23.1. The van der Waals surface area contributed by atoms with E-state index in [-0.39, 0.29) is 17.1 Å². The number of carbonyl (C=O) groups excluding carboxylic acids is 1. The maximum absolute atomic E-state index is 15.9. The molecule has 1 fully saturated rings. The van der Waals surface area contributed by atoms with E-state index in [0.29, 0.717) is 48.5 Å².